The number of ether oxygens (including phenoxy) is 2. The Morgan fingerprint density at radius 3 is 2.49 bits per heavy atom. The number of anilines is 1. The van der Waals surface area contributed by atoms with Crippen molar-refractivity contribution >= 4 is 57.3 Å². The molecular formula is C25H24Cl2N2O5S. The van der Waals surface area contributed by atoms with Crippen LogP contribution in [-0.4, -0.2) is 31.5 Å². The molecule has 0 unspecified atom stereocenters. The van der Waals surface area contributed by atoms with Crippen LogP contribution in [0.15, 0.2) is 48.5 Å². The average Bonchev–Trinajstić information content (AvgIpc) is 3.17. The van der Waals surface area contributed by atoms with E-state index in [-0.39, 0.29) is 35.4 Å². The highest BCUT2D eigenvalue weighted by atomic mass is 35.5. The molecule has 7 nitrogen and oxygen atoms in total. The van der Waals surface area contributed by atoms with E-state index in [1.165, 1.54) is 7.11 Å². The van der Waals surface area contributed by atoms with Gasteiger partial charge in [0.1, 0.15) is 10.8 Å². The molecule has 2 N–H and O–H groups in total. The maximum atomic E-state index is 12.8. The number of nitrogens with one attached hydrogen (secondary N) is 2. The standard InChI is InChI=1S/C25H24Cl2N2O5S/c1-15-21(25(32)33-2)24(35-22(15)23(31)28-14-16-7-4-3-5-8-16)29-20(30)9-6-12-34-19-11-10-17(26)13-18(19)27/h3-5,7-8,10-11,13H,6,9,12,14H2,1-2H3,(H,28,31)(H,29,30). The summed E-state index contributed by atoms with van der Waals surface area (Å²) in [6, 6.07) is 14.4. The van der Waals surface area contributed by atoms with Crippen molar-refractivity contribution in [3.63, 3.8) is 0 Å². The number of hydrogen-bond acceptors (Lipinski definition) is 6. The van der Waals surface area contributed by atoms with Crippen LogP contribution in [0, 0.1) is 6.92 Å². The maximum Gasteiger partial charge on any atom is 0.341 e. The number of halogens is 2. The summed E-state index contributed by atoms with van der Waals surface area (Å²) < 4.78 is 10.5. The first-order valence-corrected chi connectivity index (χ1v) is 12.3. The SMILES string of the molecule is COC(=O)c1c(NC(=O)CCCOc2ccc(Cl)cc2Cl)sc(C(=O)NCc2ccccc2)c1C. The van der Waals surface area contributed by atoms with Gasteiger partial charge in [-0.1, -0.05) is 53.5 Å². The van der Waals surface area contributed by atoms with Crippen LogP contribution in [0.4, 0.5) is 5.00 Å². The van der Waals surface area contributed by atoms with Gasteiger partial charge < -0.3 is 20.1 Å². The Kier molecular flexibility index (Phi) is 9.54. The molecular weight excluding hydrogens is 511 g/mol. The highest BCUT2D eigenvalue weighted by molar-refractivity contribution is 7.18. The second kappa shape index (κ2) is 12.6. The Balaban J connectivity index is 1.62. The smallest absolute Gasteiger partial charge is 0.341 e. The second-order valence-electron chi connectivity index (χ2n) is 7.50. The fourth-order valence-corrected chi connectivity index (χ4v) is 4.81. The number of methoxy groups -OCH3 is 1. The van der Waals surface area contributed by atoms with Crippen molar-refractivity contribution in [2.75, 3.05) is 19.0 Å². The number of carbonyl (C=O) groups excluding carboxylic acids is 3. The fourth-order valence-electron chi connectivity index (χ4n) is 3.22. The average molecular weight is 535 g/mol. The van der Waals surface area contributed by atoms with Gasteiger partial charge in [0.05, 0.1) is 29.2 Å². The quantitative estimate of drug-likeness (QED) is 0.250. The van der Waals surface area contributed by atoms with Crippen LogP contribution < -0.4 is 15.4 Å². The third kappa shape index (κ3) is 7.21. The number of rotatable bonds is 10. The summed E-state index contributed by atoms with van der Waals surface area (Å²) in [7, 11) is 1.25. The zero-order valence-electron chi connectivity index (χ0n) is 19.2. The van der Waals surface area contributed by atoms with Gasteiger partial charge in [-0.05, 0) is 42.7 Å². The Hall–Kier alpha value is -3.07. The molecule has 2 aromatic carbocycles. The molecule has 0 bridgehead atoms. The van der Waals surface area contributed by atoms with E-state index in [0.29, 0.717) is 39.2 Å². The monoisotopic (exact) mass is 534 g/mol. The molecule has 0 aliphatic heterocycles. The Bertz CT molecular complexity index is 1210. The third-order valence-electron chi connectivity index (χ3n) is 4.99. The molecule has 3 aromatic rings. The van der Waals surface area contributed by atoms with Crippen LogP contribution in [0.5, 0.6) is 5.75 Å². The van der Waals surface area contributed by atoms with Crippen molar-refractivity contribution in [2.24, 2.45) is 0 Å². The summed E-state index contributed by atoms with van der Waals surface area (Å²) in [5, 5.41) is 6.73. The lowest BCUT2D eigenvalue weighted by Crippen LogP contribution is -2.22. The van der Waals surface area contributed by atoms with Gasteiger partial charge in [0.2, 0.25) is 5.91 Å². The number of benzene rings is 2. The van der Waals surface area contributed by atoms with Crippen molar-refractivity contribution in [1.29, 1.82) is 0 Å². The predicted octanol–water partition coefficient (Wildman–Crippen LogP) is 5.88. The highest BCUT2D eigenvalue weighted by Gasteiger charge is 2.26. The topological polar surface area (TPSA) is 93.7 Å². The van der Waals surface area contributed by atoms with Crippen LogP contribution in [0.1, 0.15) is 44.0 Å². The molecule has 0 saturated carbocycles. The number of carbonyl (C=O) groups is 3. The molecule has 0 fully saturated rings. The molecule has 10 heteroatoms. The van der Waals surface area contributed by atoms with Gasteiger partial charge in [0.25, 0.3) is 5.91 Å². The molecule has 0 aliphatic carbocycles. The Morgan fingerprint density at radius 2 is 1.80 bits per heavy atom. The minimum Gasteiger partial charge on any atom is -0.492 e. The summed E-state index contributed by atoms with van der Waals surface area (Å²) in [6.45, 7) is 2.25. The van der Waals surface area contributed by atoms with E-state index < -0.39 is 5.97 Å². The van der Waals surface area contributed by atoms with Crippen LogP contribution in [0.2, 0.25) is 10.0 Å². The number of hydrogen-bond donors (Lipinski definition) is 2. The van der Waals surface area contributed by atoms with E-state index in [1.54, 1.807) is 25.1 Å². The largest absolute Gasteiger partial charge is 0.492 e. The third-order valence-corrected chi connectivity index (χ3v) is 6.73. The van der Waals surface area contributed by atoms with Gasteiger partial charge in [0.15, 0.2) is 0 Å². The van der Waals surface area contributed by atoms with E-state index in [1.807, 2.05) is 30.3 Å². The Labute approximate surface area is 217 Å². The van der Waals surface area contributed by atoms with Gasteiger partial charge >= 0.3 is 5.97 Å². The predicted molar refractivity (Wildman–Crippen MR) is 138 cm³/mol. The molecule has 184 valence electrons. The lowest BCUT2D eigenvalue weighted by molar-refractivity contribution is -0.116. The summed E-state index contributed by atoms with van der Waals surface area (Å²) in [6.07, 6.45) is 0.547. The molecule has 0 radical (unpaired) electrons. The van der Waals surface area contributed by atoms with Crippen molar-refractivity contribution < 1.29 is 23.9 Å². The van der Waals surface area contributed by atoms with Gasteiger partial charge in [0, 0.05) is 18.0 Å². The van der Waals surface area contributed by atoms with Crippen LogP contribution >= 0.6 is 34.5 Å². The van der Waals surface area contributed by atoms with Gasteiger partial charge in [-0.15, -0.1) is 11.3 Å². The summed E-state index contributed by atoms with van der Waals surface area (Å²) >= 11 is 13.0. The van der Waals surface area contributed by atoms with Crippen LogP contribution in [0.25, 0.3) is 0 Å². The first-order chi connectivity index (χ1) is 16.8. The molecule has 35 heavy (non-hydrogen) atoms. The first-order valence-electron chi connectivity index (χ1n) is 10.7. The normalized spacial score (nSPS) is 10.5. The van der Waals surface area contributed by atoms with Gasteiger partial charge in [-0.25, -0.2) is 4.79 Å². The lowest BCUT2D eigenvalue weighted by atomic mass is 10.1. The summed E-state index contributed by atoms with van der Waals surface area (Å²) in [5.41, 5.74) is 1.56. The minimum absolute atomic E-state index is 0.137. The van der Waals surface area contributed by atoms with E-state index in [0.717, 1.165) is 16.9 Å². The summed E-state index contributed by atoms with van der Waals surface area (Å²) in [4.78, 5) is 38.1. The molecule has 3 rings (SSSR count). The molecule has 0 spiro atoms. The number of esters is 1. The maximum absolute atomic E-state index is 12.8. The second-order valence-corrected chi connectivity index (χ2v) is 9.36. The number of amides is 2. The van der Waals surface area contributed by atoms with Gasteiger partial charge in [-0.2, -0.15) is 0 Å². The molecule has 1 heterocycles. The van der Waals surface area contributed by atoms with Crippen LogP contribution in [0.3, 0.4) is 0 Å². The molecule has 0 aliphatic rings. The Morgan fingerprint density at radius 1 is 1.06 bits per heavy atom. The van der Waals surface area contributed by atoms with E-state index >= 15 is 0 Å². The van der Waals surface area contributed by atoms with E-state index in [4.69, 9.17) is 32.7 Å². The molecule has 2 amide bonds. The lowest BCUT2D eigenvalue weighted by Gasteiger charge is -2.09. The molecule has 1 aromatic heterocycles. The van der Waals surface area contributed by atoms with Crippen molar-refractivity contribution in [3.05, 3.63) is 80.1 Å². The molecule has 0 atom stereocenters. The highest BCUT2D eigenvalue weighted by Crippen LogP contribution is 2.34. The fraction of sp³-hybridized carbons (Fsp3) is 0.240. The zero-order chi connectivity index (χ0) is 25.4. The van der Waals surface area contributed by atoms with Crippen molar-refractivity contribution in [3.8, 4) is 5.75 Å². The van der Waals surface area contributed by atoms with Crippen molar-refractivity contribution in [1.82, 2.24) is 5.32 Å². The van der Waals surface area contributed by atoms with Crippen LogP contribution in [-0.2, 0) is 16.1 Å². The zero-order valence-corrected chi connectivity index (χ0v) is 21.5. The minimum atomic E-state index is -0.628. The molecule has 0 saturated heterocycles. The van der Waals surface area contributed by atoms with Crippen molar-refractivity contribution in [2.45, 2.75) is 26.3 Å². The first kappa shape index (κ1) is 26.5. The number of thiophene rings is 1. The van der Waals surface area contributed by atoms with Gasteiger partial charge in [-0.3, -0.25) is 9.59 Å². The van der Waals surface area contributed by atoms with E-state index in [9.17, 15) is 14.4 Å². The summed E-state index contributed by atoms with van der Waals surface area (Å²) in [5.74, 6) is -0.810. The van der Waals surface area contributed by atoms with E-state index in [2.05, 4.69) is 10.6 Å².